The van der Waals surface area contributed by atoms with Crippen LogP contribution >= 0.6 is 11.8 Å². The summed E-state index contributed by atoms with van der Waals surface area (Å²) in [4.78, 5) is 1.29. The molecule has 0 aromatic heterocycles. The standard InChI is InChI=1S/C10H17N3S/c1-3-14-9-6-4-8(5-7-9)10(12-2)13-11/h4-7,10,12-13H,3,11H2,1-2H3. The molecular weight excluding hydrogens is 194 g/mol. The predicted molar refractivity (Wildman–Crippen MR) is 62.0 cm³/mol. The first-order valence-electron chi connectivity index (χ1n) is 4.68. The predicted octanol–water partition coefficient (Wildman–Crippen LogP) is 1.48. The van der Waals surface area contributed by atoms with E-state index in [0.717, 1.165) is 11.3 Å². The van der Waals surface area contributed by atoms with Crippen LogP contribution in [0.1, 0.15) is 18.7 Å². The minimum absolute atomic E-state index is 0.0238. The van der Waals surface area contributed by atoms with Crippen LogP contribution in [0.3, 0.4) is 0 Å². The van der Waals surface area contributed by atoms with Crippen molar-refractivity contribution >= 4 is 11.8 Å². The van der Waals surface area contributed by atoms with E-state index in [1.54, 1.807) is 0 Å². The molecule has 0 saturated heterocycles. The molecule has 4 heteroatoms. The smallest absolute Gasteiger partial charge is 0.0958 e. The Hall–Kier alpha value is -0.550. The Morgan fingerprint density at radius 2 is 2.00 bits per heavy atom. The lowest BCUT2D eigenvalue weighted by Gasteiger charge is -2.15. The molecule has 1 aromatic rings. The van der Waals surface area contributed by atoms with Crippen LogP contribution in [0, 0.1) is 0 Å². The molecular formula is C10H17N3S. The number of benzene rings is 1. The van der Waals surface area contributed by atoms with Gasteiger partial charge >= 0.3 is 0 Å². The molecule has 78 valence electrons. The van der Waals surface area contributed by atoms with Crippen LogP contribution in [-0.2, 0) is 0 Å². The van der Waals surface area contributed by atoms with Gasteiger partial charge in [-0.05, 0) is 30.5 Å². The van der Waals surface area contributed by atoms with Gasteiger partial charge in [0.1, 0.15) is 0 Å². The van der Waals surface area contributed by atoms with E-state index in [0.29, 0.717) is 0 Å². The van der Waals surface area contributed by atoms with Crippen molar-refractivity contribution in [1.29, 1.82) is 0 Å². The summed E-state index contributed by atoms with van der Waals surface area (Å²) in [6.45, 7) is 2.15. The minimum atomic E-state index is 0.0238. The Morgan fingerprint density at radius 1 is 1.36 bits per heavy atom. The third-order valence-electron chi connectivity index (χ3n) is 1.98. The minimum Gasteiger partial charge on any atom is -0.300 e. The molecule has 0 radical (unpaired) electrons. The fraction of sp³-hybridized carbons (Fsp3) is 0.400. The lowest BCUT2D eigenvalue weighted by Crippen LogP contribution is -2.36. The van der Waals surface area contributed by atoms with E-state index < -0.39 is 0 Å². The summed E-state index contributed by atoms with van der Waals surface area (Å²) in [6.07, 6.45) is 0.0238. The summed E-state index contributed by atoms with van der Waals surface area (Å²) in [7, 11) is 1.87. The highest BCUT2D eigenvalue weighted by molar-refractivity contribution is 7.99. The summed E-state index contributed by atoms with van der Waals surface area (Å²) in [5, 5.41) is 3.08. The highest BCUT2D eigenvalue weighted by atomic mass is 32.2. The average Bonchev–Trinajstić information content (AvgIpc) is 2.23. The van der Waals surface area contributed by atoms with Crippen molar-refractivity contribution < 1.29 is 0 Å². The van der Waals surface area contributed by atoms with Crippen molar-refractivity contribution in [3.05, 3.63) is 29.8 Å². The number of rotatable bonds is 5. The number of thioether (sulfide) groups is 1. The molecule has 0 amide bonds. The lowest BCUT2D eigenvalue weighted by molar-refractivity contribution is 0.488. The zero-order chi connectivity index (χ0) is 10.4. The third-order valence-corrected chi connectivity index (χ3v) is 2.87. The van der Waals surface area contributed by atoms with Gasteiger partial charge < -0.3 is 5.32 Å². The van der Waals surface area contributed by atoms with Crippen molar-refractivity contribution in [2.75, 3.05) is 12.8 Å². The topological polar surface area (TPSA) is 50.1 Å². The molecule has 14 heavy (non-hydrogen) atoms. The first-order chi connectivity index (χ1) is 6.81. The second-order valence-electron chi connectivity index (χ2n) is 2.89. The van der Waals surface area contributed by atoms with Gasteiger partial charge in [-0.25, -0.2) is 5.43 Å². The molecule has 1 rings (SSSR count). The zero-order valence-electron chi connectivity index (χ0n) is 8.58. The Bertz CT molecular complexity index is 257. The number of nitrogens with two attached hydrogens (primary N) is 1. The van der Waals surface area contributed by atoms with Gasteiger partial charge in [0.2, 0.25) is 0 Å². The van der Waals surface area contributed by atoms with E-state index >= 15 is 0 Å². The Labute approximate surface area is 89.4 Å². The number of nitrogens with one attached hydrogen (secondary N) is 2. The van der Waals surface area contributed by atoms with E-state index in [-0.39, 0.29) is 6.17 Å². The van der Waals surface area contributed by atoms with Crippen LogP contribution in [0.25, 0.3) is 0 Å². The fourth-order valence-electron chi connectivity index (χ4n) is 1.27. The van der Waals surface area contributed by atoms with Crippen molar-refractivity contribution in [2.24, 2.45) is 5.84 Å². The first-order valence-corrected chi connectivity index (χ1v) is 5.66. The van der Waals surface area contributed by atoms with Gasteiger partial charge in [0, 0.05) is 4.90 Å². The summed E-state index contributed by atoms with van der Waals surface area (Å²) in [5.74, 6) is 6.50. The van der Waals surface area contributed by atoms with Gasteiger partial charge in [-0.1, -0.05) is 19.1 Å². The SMILES string of the molecule is CCSc1ccc(C(NC)NN)cc1. The van der Waals surface area contributed by atoms with Crippen LogP contribution < -0.4 is 16.6 Å². The maximum atomic E-state index is 5.39. The summed E-state index contributed by atoms with van der Waals surface area (Å²) >= 11 is 1.84. The molecule has 0 saturated carbocycles. The van der Waals surface area contributed by atoms with Crippen LogP contribution in [-0.4, -0.2) is 12.8 Å². The number of hydrogen-bond donors (Lipinski definition) is 3. The molecule has 0 fully saturated rings. The van der Waals surface area contributed by atoms with Gasteiger partial charge in [0.25, 0.3) is 0 Å². The quantitative estimate of drug-likeness (QED) is 0.299. The van der Waals surface area contributed by atoms with Gasteiger partial charge in [0.15, 0.2) is 0 Å². The van der Waals surface area contributed by atoms with Crippen molar-refractivity contribution in [3.8, 4) is 0 Å². The average molecular weight is 211 g/mol. The van der Waals surface area contributed by atoms with E-state index in [1.165, 1.54) is 4.90 Å². The third kappa shape index (κ3) is 2.99. The summed E-state index contributed by atoms with van der Waals surface area (Å²) in [6, 6.07) is 8.40. The largest absolute Gasteiger partial charge is 0.300 e. The van der Waals surface area contributed by atoms with Crippen LogP contribution in [0.5, 0.6) is 0 Å². The Kier molecular flexibility index (Phi) is 4.97. The molecule has 3 nitrogen and oxygen atoms in total. The number of hydrazine groups is 1. The molecule has 0 bridgehead atoms. The van der Waals surface area contributed by atoms with Crippen molar-refractivity contribution in [1.82, 2.24) is 10.7 Å². The first kappa shape index (κ1) is 11.5. The Morgan fingerprint density at radius 3 is 2.43 bits per heavy atom. The summed E-state index contributed by atoms with van der Waals surface area (Å²) in [5.41, 5.74) is 3.85. The zero-order valence-corrected chi connectivity index (χ0v) is 9.40. The van der Waals surface area contributed by atoms with Gasteiger partial charge in [-0.3, -0.25) is 5.84 Å². The van der Waals surface area contributed by atoms with Gasteiger partial charge in [-0.2, -0.15) is 0 Å². The second-order valence-corrected chi connectivity index (χ2v) is 4.23. The maximum Gasteiger partial charge on any atom is 0.0958 e. The molecule has 0 aliphatic rings. The molecule has 0 spiro atoms. The molecule has 4 N–H and O–H groups in total. The molecule has 0 heterocycles. The van der Waals surface area contributed by atoms with E-state index in [2.05, 4.69) is 41.9 Å². The molecule has 0 aliphatic carbocycles. The Balaban J connectivity index is 2.71. The molecule has 1 unspecified atom stereocenters. The molecule has 1 aromatic carbocycles. The second kappa shape index (κ2) is 6.03. The monoisotopic (exact) mass is 211 g/mol. The molecule has 1 atom stereocenters. The maximum absolute atomic E-state index is 5.39. The van der Waals surface area contributed by atoms with Gasteiger partial charge in [-0.15, -0.1) is 11.8 Å². The van der Waals surface area contributed by atoms with Crippen molar-refractivity contribution in [2.45, 2.75) is 18.0 Å². The van der Waals surface area contributed by atoms with Crippen LogP contribution in [0.15, 0.2) is 29.2 Å². The van der Waals surface area contributed by atoms with Gasteiger partial charge in [0.05, 0.1) is 6.17 Å². The van der Waals surface area contributed by atoms with E-state index in [1.807, 2.05) is 18.8 Å². The van der Waals surface area contributed by atoms with Crippen LogP contribution in [0.2, 0.25) is 0 Å². The lowest BCUT2D eigenvalue weighted by atomic mass is 10.2. The summed E-state index contributed by atoms with van der Waals surface area (Å²) < 4.78 is 0. The molecule has 0 aliphatic heterocycles. The number of hydrogen-bond acceptors (Lipinski definition) is 4. The van der Waals surface area contributed by atoms with Crippen molar-refractivity contribution in [3.63, 3.8) is 0 Å². The highest BCUT2D eigenvalue weighted by Gasteiger charge is 2.05. The normalized spacial score (nSPS) is 12.8. The highest BCUT2D eigenvalue weighted by Crippen LogP contribution is 2.19. The van der Waals surface area contributed by atoms with Crippen LogP contribution in [0.4, 0.5) is 0 Å². The van der Waals surface area contributed by atoms with E-state index in [4.69, 9.17) is 5.84 Å². The van der Waals surface area contributed by atoms with E-state index in [9.17, 15) is 0 Å². The fourth-order valence-corrected chi connectivity index (χ4v) is 1.93.